The zero-order valence-corrected chi connectivity index (χ0v) is 13.3. The zero-order chi connectivity index (χ0) is 14.4. The van der Waals surface area contributed by atoms with Crippen molar-refractivity contribution in [3.63, 3.8) is 0 Å². The van der Waals surface area contributed by atoms with E-state index in [-0.39, 0.29) is 12.2 Å². The second-order valence-electron chi connectivity index (χ2n) is 5.01. The van der Waals surface area contributed by atoms with Crippen molar-refractivity contribution in [3.8, 4) is 5.75 Å². The summed E-state index contributed by atoms with van der Waals surface area (Å²) >= 11 is 3.39. The fraction of sp³-hybridized carbons (Fsp3) is 0.533. The molecule has 110 valence electrons. The first-order valence-electron chi connectivity index (χ1n) is 6.99. The van der Waals surface area contributed by atoms with Crippen LogP contribution in [0.3, 0.4) is 0 Å². The van der Waals surface area contributed by atoms with Gasteiger partial charge in [-0.1, -0.05) is 22.0 Å². The van der Waals surface area contributed by atoms with Crippen LogP contribution in [0.1, 0.15) is 26.2 Å². The van der Waals surface area contributed by atoms with Gasteiger partial charge in [0.2, 0.25) is 0 Å². The standard InChI is InChI=1S/C15H20BrNO3/c1-12(11-19-14-7-5-6-13(16)10-14)20-15(18)17-8-3-2-4-9-17/h5-7,10,12H,2-4,8-9,11H2,1H3. The monoisotopic (exact) mass is 341 g/mol. The molecule has 1 aromatic rings. The molecule has 1 amide bonds. The number of benzene rings is 1. The Hall–Kier alpha value is -1.23. The molecule has 1 atom stereocenters. The summed E-state index contributed by atoms with van der Waals surface area (Å²) in [5.74, 6) is 0.764. The van der Waals surface area contributed by atoms with Gasteiger partial charge in [0.05, 0.1) is 0 Å². The molecule has 0 aromatic heterocycles. The van der Waals surface area contributed by atoms with Gasteiger partial charge in [0.1, 0.15) is 18.5 Å². The van der Waals surface area contributed by atoms with Crippen molar-refractivity contribution in [1.82, 2.24) is 4.90 Å². The van der Waals surface area contributed by atoms with Crippen LogP contribution in [-0.2, 0) is 4.74 Å². The summed E-state index contributed by atoms with van der Waals surface area (Å²) in [6, 6.07) is 7.61. The maximum Gasteiger partial charge on any atom is 0.410 e. The van der Waals surface area contributed by atoms with E-state index in [0.717, 1.165) is 36.2 Å². The molecule has 1 fully saturated rings. The highest BCUT2D eigenvalue weighted by molar-refractivity contribution is 9.10. The maximum atomic E-state index is 11.9. The van der Waals surface area contributed by atoms with Crippen molar-refractivity contribution in [2.24, 2.45) is 0 Å². The highest BCUT2D eigenvalue weighted by atomic mass is 79.9. The minimum atomic E-state index is -0.261. The summed E-state index contributed by atoms with van der Waals surface area (Å²) in [6.45, 7) is 3.81. The van der Waals surface area contributed by atoms with Crippen LogP contribution in [0.5, 0.6) is 5.75 Å². The third kappa shape index (κ3) is 4.71. The smallest absolute Gasteiger partial charge is 0.410 e. The molecule has 1 heterocycles. The number of ether oxygens (including phenoxy) is 2. The van der Waals surface area contributed by atoms with E-state index in [1.54, 1.807) is 4.90 Å². The number of carbonyl (C=O) groups is 1. The van der Waals surface area contributed by atoms with Crippen LogP contribution in [0.4, 0.5) is 4.79 Å². The molecular weight excluding hydrogens is 322 g/mol. The van der Waals surface area contributed by atoms with Gasteiger partial charge in [-0.25, -0.2) is 4.79 Å². The molecule has 0 bridgehead atoms. The molecule has 1 unspecified atom stereocenters. The van der Waals surface area contributed by atoms with E-state index in [2.05, 4.69) is 15.9 Å². The maximum absolute atomic E-state index is 11.9. The Bertz CT molecular complexity index is 446. The third-order valence-electron chi connectivity index (χ3n) is 3.20. The normalized spacial score (nSPS) is 16.6. The Morgan fingerprint density at radius 1 is 1.35 bits per heavy atom. The Labute approximate surface area is 128 Å². The van der Waals surface area contributed by atoms with Gasteiger partial charge < -0.3 is 14.4 Å². The number of hydrogen-bond acceptors (Lipinski definition) is 3. The van der Waals surface area contributed by atoms with Crippen molar-refractivity contribution >= 4 is 22.0 Å². The minimum Gasteiger partial charge on any atom is -0.490 e. The molecule has 0 aliphatic carbocycles. The predicted molar refractivity (Wildman–Crippen MR) is 81.0 cm³/mol. The lowest BCUT2D eigenvalue weighted by Crippen LogP contribution is -2.38. The highest BCUT2D eigenvalue weighted by Gasteiger charge is 2.20. The predicted octanol–water partition coefficient (Wildman–Crippen LogP) is 3.84. The molecule has 0 radical (unpaired) electrons. The van der Waals surface area contributed by atoms with E-state index < -0.39 is 0 Å². The van der Waals surface area contributed by atoms with Gasteiger partial charge in [0, 0.05) is 17.6 Å². The van der Waals surface area contributed by atoms with E-state index in [9.17, 15) is 4.79 Å². The largest absolute Gasteiger partial charge is 0.490 e. The Kier molecular flexibility index (Phi) is 5.71. The first-order chi connectivity index (χ1) is 9.65. The van der Waals surface area contributed by atoms with E-state index >= 15 is 0 Å². The minimum absolute atomic E-state index is 0.227. The lowest BCUT2D eigenvalue weighted by molar-refractivity contribution is 0.0437. The van der Waals surface area contributed by atoms with Gasteiger partial charge >= 0.3 is 6.09 Å². The van der Waals surface area contributed by atoms with Crippen LogP contribution in [0, 0.1) is 0 Å². The molecular formula is C15H20BrNO3. The van der Waals surface area contributed by atoms with Crippen molar-refractivity contribution in [1.29, 1.82) is 0 Å². The van der Waals surface area contributed by atoms with Crippen molar-refractivity contribution < 1.29 is 14.3 Å². The topological polar surface area (TPSA) is 38.8 Å². The SMILES string of the molecule is CC(COc1cccc(Br)c1)OC(=O)N1CCCCC1. The van der Waals surface area contributed by atoms with Crippen LogP contribution in [0.25, 0.3) is 0 Å². The van der Waals surface area contributed by atoms with Gasteiger partial charge in [-0.15, -0.1) is 0 Å². The molecule has 2 rings (SSSR count). The highest BCUT2D eigenvalue weighted by Crippen LogP contribution is 2.18. The quantitative estimate of drug-likeness (QED) is 0.835. The molecule has 1 aromatic carbocycles. The van der Waals surface area contributed by atoms with E-state index in [1.165, 1.54) is 6.42 Å². The second-order valence-corrected chi connectivity index (χ2v) is 5.93. The molecule has 1 aliphatic rings. The second kappa shape index (κ2) is 7.53. The Balaban J connectivity index is 1.74. The van der Waals surface area contributed by atoms with Crippen LogP contribution in [0.15, 0.2) is 28.7 Å². The number of hydrogen-bond donors (Lipinski definition) is 0. The zero-order valence-electron chi connectivity index (χ0n) is 11.7. The van der Waals surface area contributed by atoms with Gasteiger partial charge in [-0.2, -0.15) is 0 Å². The molecule has 0 N–H and O–H groups in total. The average molecular weight is 342 g/mol. The number of likely N-dealkylation sites (tertiary alicyclic amines) is 1. The van der Waals surface area contributed by atoms with Crippen LogP contribution in [0.2, 0.25) is 0 Å². The van der Waals surface area contributed by atoms with Crippen LogP contribution >= 0.6 is 15.9 Å². The van der Waals surface area contributed by atoms with Gasteiger partial charge in [0.15, 0.2) is 0 Å². The first-order valence-corrected chi connectivity index (χ1v) is 7.78. The van der Waals surface area contributed by atoms with Gasteiger partial charge in [-0.05, 0) is 44.4 Å². The van der Waals surface area contributed by atoms with E-state index in [0.29, 0.717) is 6.61 Å². The third-order valence-corrected chi connectivity index (χ3v) is 3.69. The van der Waals surface area contributed by atoms with Crippen molar-refractivity contribution in [2.75, 3.05) is 19.7 Å². The number of amides is 1. The molecule has 5 heteroatoms. The fourth-order valence-electron chi connectivity index (χ4n) is 2.13. The first kappa shape index (κ1) is 15.2. The number of rotatable bonds is 4. The summed E-state index contributed by atoms with van der Waals surface area (Å²) in [5, 5.41) is 0. The molecule has 20 heavy (non-hydrogen) atoms. The average Bonchev–Trinajstić information content (AvgIpc) is 2.46. The summed E-state index contributed by atoms with van der Waals surface area (Å²) in [5.41, 5.74) is 0. The van der Waals surface area contributed by atoms with Crippen LogP contribution in [-0.4, -0.2) is 36.8 Å². The molecule has 0 spiro atoms. The number of nitrogens with zero attached hydrogens (tertiary/aromatic N) is 1. The summed E-state index contributed by atoms with van der Waals surface area (Å²) in [7, 11) is 0. The molecule has 0 saturated carbocycles. The van der Waals surface area contributed by atoms with Gasteiger partial charge in [0.25, 0.3) is 0 Å². The summed E-state index contributed by atoms with van der Waals surface area (Å²) < 4.78 is 12.0. The number of halogens is 1. The lowest BCUT2D eigenvalue weighted by Gasteiger charge is -2.27. The molecule has 1 aliphatic heterocycles. The van der Waals surface area contributed by atoms with E-state index in [4.69, 9.17) is 9.47 Å². The number of carbonyl (C=O) groups excluding carboxylic acids is 1. The van der Waals surface area contributed by atoms with E-state index in [1.807, 2.05) is 31.2 Å². The molecule has 1 saturated heterocycles. The Morgan fingerprint density at radius 2 is 2.10 bits per heavy atom. The van der Waals surface area contributed by atoms with Crippen molar-refractivity contribution in [2.45, 2.75) is 32.3 Å². The molecule has 4 nitrogen and oxygen atoms in total. The summed E-state index contributed by atoms with van der Waals surface area (Å²) in [4.78, 5) is 13.7. The van der Waals surface area contributed by atoms with Crippen LogP contribution < -0.4 is 4.74 Å². The summed E-state index contributed by atoms with van der Waals surface area (Å²) in [6.07, 6.45) is 2.85. The lowest BCUT2D eigenvalue weighted by atomic mass is 10.1. The Morgan fingerprint density at radius 3 is 2.80 bits per heavy atom. The number of piperidine rings is 1. The van der Waals surface area contributed by atoms with Gasteiger partial charge in [-0.3, -0.25) is 0 Å². The fourth-order valence-corrected chi connectivity index (χ4v) is 2.51. The van der Waals surface area contributed by atoms with Crippen molar-refractivity contribution in [3.05, 3.63) is 28.7 Å².